The highest BCUT2D eigenvalue weighted by atomic mass is 32.1. The summed E-state index contributed by atoms with van der Waals surface area (Å²) in [4.78, 5) is 2.82. The molecule has 2 unspecified atom stereocenters. The molecule has 0 radical (unpaired) electrons. The molecule has 1 aromatic rings. The van der Waals surface area contributed by atoms with E-state index in [2.05, 4.69) is 21.7 Å². The SMILES string of the molecule is NCC1(N(Cc2ccsc2)C2CC2)CCCC(C2CC2)C1. The van der Waals surface area contributed by atoms with E-state index < -0.39 is 0 Å². The molecular weight excluding hydrogens is 276 g/mol. The molecular formula is C18H28N2S. The molecule has 0 aliphatic heterocycles. The summed E-state index contributed by atoms with van der Waals surface area (Å²) >= 11 is 1.82. The Morgan fingerprint density at radius 2 is 2.05 bits per heavy atom. The highest BCUT2D eigenvalue weighted by Gasteiger charge is 2.48. The number of thiophene rings is 1. The Morgan fingerprint density at radius 1 is 1.19 bits per heavy atom. The lowest BCUT2D eigenvalue weighted by Crippen LogP contribution is -2.57. The number of nitrogens with zero attached hydrogens (tertiary/aromatic N) is 1. The first kappa shape index (κ1) is 14.2. The molecule has 1 aromatic heterocycles. The first-order valence-corrected chi connectivity index (χ1v) is 9.73. The van der Waals surface area contributed by atoms with Gasteiger partial charge in [-0.25, -0.2) is 0 Å². The van der Waals surface area contributed by atoms with Gasteiger partial charge in [-0.3, -0.25) is 4.90 Å². The van der Waals surface area contributed by atoms with Crippen molar-refractivity contribution in [1.29, 1.82) is 0 Å². The first-order chi connectivity index (χ1) is 10.3. The molecule has 1 heterocycles. The minimum atomic E-state index is 0.300. The highest BCUT2D eigenvalue weighted by molar-refractivity contribution is 7.07. The third-order valence-electron chi connectivity index (χ3n) is 6.06. The highest BCUT2D eigenvalue weighted by Crippen LogP contribution is 2.50. The van der Waals surface area contributed by atoms with Crippen LogP contribution in [0.1, 0.15) is 56.9 Å². The summed E-state index contributed by atoms with van der Waals surface area (Å²) < 4.78 is 0. The van der Waals surface area contributed by atoms with Crippen LogP contribution in [0.25, 0.3) is 0 Å². The summed E-state index contributed by atoms with van der Waals surface area (Å²) in [7, 11) is 0. The average Bonchev–Trinajstić information content (AvgIpc) is 3.44. The van der Waals surface area contributed by atoms with E-state index in [1.54, 1.807) is 0 Å². The Morgan fingerprint density at radius 3 is 2.67 bits per heavy atom. The van der Waals surface area contributed by atoms with Crippen LogP contribution >= 0.6 is 11.3 Å². The minimum absolute atomic E-state index is 0.300. The van der Waals surface area contributed by atoms with Crippen molar-refractivity contribution >= 4 is 11.3 Å². The van der Waals surface area contributed by atoms with Gasteiger partial charge in [0.25, 0.3) is 0 Å². The number of hydrogen-bond donors (Lipinski definition) is 1. The molecule has 3 aliphatic rings. The van der Waals surface area contributed by atoms with Crippen LogP contribution in [0.4, 0.5) is 0 Å². The van der Waals surface area contributed by atoms with Crippen LogP contribution in [-0.2, 0) is 6.54 Å². The van der Waals surface area contributed by atoms with Crippen LogP contribution in [0, 0.1) is 11.8 Å². The van der Waals surface area contributed by atoms with Gasteiger partial charge in [0.1, 0.15) is 0 Å². The van der Waals surface area contributed by atoms with E-state index in [0.717, 1.165) is 31.0 Å². The molecule has 3 aliphatic carbocycles. The maximum atomic E-state index is 6.38. The molecule has 0 bridgehead atoms. The zero-order chi connectivity index (χ0) is 14.3. The second-order valence-electron chi connectivity index (χ2n) is 7.61. The lowest BCUT2D eigenvalue weighted by molar-refractivity contribution is 0.0175. The first-order valence-electron chi connectivity index (χ1n) is 8.79. The van der Waals surface area contributed by atoms with Crippen LogP contribution in [0.15, 0.2) is 16.8 Å². The van der Waals surface area contributed by atoms with Gasteiger partial charge in [0.05, 0.1) is 0 Å². The second-order valence-corrected chi connectivity index (χ2v) is 8.39. The standard InChI is InChI=1S/C18H28N2S/c19-13-18(8-1-2-16(10-18)15-3-4-15)20(17-5-6-17)11-14-7-9-21-12-14/h7,9,12,15-17H,1-6,8,10-11,13,19H2. The number of nitrogens with two attached hydrogens (primary N) is 1. The molecule has 2 atom stereocenters. The van der Waals surface area contributed by atoms with E-state index in [9.17, 15) is 0 Å². The summed E-state index contributed by atoms with van der Waals surface area (Å²) in [5.41, 5.74) is 8.17. The number of hydrogen-bond acceptors (Lipinski definition) is 3. The molecule has 3 saturated carbocycles. The molecule has 3 fully saturated rings. The zero-order valence-electron chi connectivity index (χ0n) is 13.0. The maximum absolute atomic E-state index is 6.38. The lowest BCUT2D eigenvalue weighted by Gasteiger charge is -2.49. The lowest BCUT2D eigenvalue weighted by atomic mass is 9.72. The predicted octanol–water partition coefficient (Wildman–Crippen LogP) is 4.01. The molecule has 3 heteroatoms. The van der Waals surface area contributed by atoms with Crippen molar-refractivity contribution in [2.75, 3.05) is 6.54 Å². The van der Waals surface area contributed by atoms with Crippen LogP contribution in [-0.4, -0.2) is 23.0 Å². The summed E-state index contributed by atoms with van der Waals surface area (Å²) in [6.07, 6.45) is 11.3. The molecule has 4 rings (SSSR count). The smallest absolute Gasteiger partial charge is 0.0340 e. The van der Waals surface area contributed by atoms with Gasteiger partial charge >= 0.3 is 0 Å². The van der Waals surface area contributed by atoms with E-state index in [0.29, 0.717) is 5.54 Å². The van der Waals surface area contributed by atoms with E-state index in [-0.39, 0.29) is 0 Å². The van der Waals surface area contributed by atoms with Gasteiger partial charge in [-0.15, -0.1) is 0 Å². The van der Waals surface area contributed by atoms with Crippen molar-refractivity contribution in [2.45, 2.75) is 69.5 Å². The van der Waals surface area contributed by atoms with E-state index >= 15 is 0 Å². The Hall–Kier alpha value is -0.380. The molecule has 0 amide bonds. The molecule has 2 N–H and O–H groups in total. The average molecular weight is 305 g/mol. The van der Waals surface area contributed by atoms with E-state index in [1.807, 2.05) is 11.3 Å². The normalized spacial score (nSPS) is 33.5. The van der Waals surface area contributed by atoms with Crippen molar-refractivity contribution in [3.8, 4) is 0 Å². The van der Waals surface area contributed by atoms with E-state index in [4.69, 9.17) is 5.73 Å². The van der Waals surface area contributed by atoms with Crippen molar-refractivity contribution in [2.24, 2.45) is 17.6 Å². The molecule has 0 saturated heterocycles. The van der Waals surface area contributed by atoms with Crippen LogP contribution in [0.5, 0.6) is 0 Å². The fourth-order valence-electron chi connectivity index (χ4n) is 4.57. The van der Waals surface area contributed by atoms with Crippen molar-refractivity contribution in [1.82, 2.24) is 4.90 Å². The predicted molar refractivity (Wildman–Crippen MR) is 89.4 cm³/mol. The summed E-state index contributed by atoms with van der Waals surface area (Å²) in [6.45, 7) is 1.99. The summed E-state index contributed by atoms with van der Waals surface area (Å²) in [5, 5.41) is 4.53. The van der Waals surface area contributed by atoms with Gasteiger partial charge in [-0.2, -0.15) is 11.3 Å². The van der Waals surface area contributed by atoms with Gasteiger partial charge in [-0.05, 0) is 72.8 Å². The van der Waals surface area contributed by atoms with Gasteiger partial charge < -0.3 is 5.73 Å². The van der Waals surface area contributed by atoms with Gasteiger partial charge in [-0.1, -0.05) is 12.8 Å². The molecule has 0 aromatic carbocycles. The van der Waals surface area contributed by atoms with Gasteiger partial charge in [0, 0.05) is 24.7 Å². The monoisotopic (exact) mass is 304 g/mol. The fourth-order valence-corrected chi connectivity index (χ4v) is 5.23. The zero-order valence-corrected chi connectivity index (χ0v) is 13.8. The minimum Gasteiger partial charge on any atom is -0.329 e. The molecule has 0 spiro atoms. The van der Waals surface area contributed by atoms with Crippen molar-refractivity contribution in [3.05, 3.63) is 22.4 Å². The third-order valence-corrected chi connectivity index (χ3v) is 6.79. The number of rotatable bonds is 6. The molecule has 21 heavy (non-hydrogen) atoms. The van der Waals surface area contributed by atoms with Crippen LogP contribution < -0.4 is 5.73 Å². The summed E-state index contributed by atoms with van der Waals surface area (Å²) in [6, 6.07) is 3.11. The van der Waals surface area contributed by atoms with Crippen LogP contribution in [0.2, 0.25) is 0 Å². The van der Waals surface area contributed by atoms with Gasteiger partial charge in [0.2, 0.25) is 0 Å². The van der Waals surface area contributed by atoms with E-state index in [1.165, 1.54) is 56.9 Å². The third kappa shape index (κ3) is 2.93. The van der Waals surface area contributed by atoms with Gasteiger partial charge in [0.15, 0.2) is 0 Å². The van der Waals surface area contributed by atoms with Crippen molar-refractivity contribution < 1.29 is 0 Å². The topological polar surface area (TPSA) is 29.3 Å². The Balaban J connectivity index is 1.55. The second kappa shape index (κ2) is 5.68. The Kier molecular flexibility index (Phi) is 3.85. The van der Waals surface area contributed by atoms with Crippen molar-refractivity contribution in [3.63, 3.8) is 0 Å². The quantitative estimate of drug-likeness (QED) is 0.860. The summed E-state index contributed by atoms with van der Waals surface area (Å²) in [5.74, 6) is 2.00. The van der Waals surface area contributed by atoms with Crippen LogP contribution in [0.3, 0.4) is 0 Å². The fraction of sp³-hybridized carbons (Fsp3) is 0.778. The maximum Gasteiger partial charge on any atom is 0.0340 e. The largest absolute Gasteiger partial charge is 0.329 e. The Labute approximate surface area is 132 Å². The molecule has 116 valence electrons. The Bertz CT molecular complexity index is 464. The molecule has 2 nitrogen and oxygen atoms in total.